The van der Waals surface area contributed by atoms with Gasteiger partial charge in [-0.2, -0.15) is 0 Å². The number of hydrogen-bond donors (Lipinski definition) is 2. The van der Waals surface area contributed by atoms with Gasteiger partial charge in [-0.1, -0.05) is 34.5 Å². The van der Waals surface area contributed by atoms with Crippen molar-refractivity contribution >= 4 is 56.5 Å². The molecule has 1 fully saturated rings. The van der Waals surface area contributed by atoms with E-state index in [9.17, 15) is 4.79 Å². The van der Waals surface area contributed by atoms with E-state index in [1.807, 2.05) is 0 Å². The number of halogens is 2. The Kier molecular flexibility index (Phi) is 5.43. The van der Waals surface area contributed by atoms with Gasteiger partial charge >= 0.3 is 6.03 Å². The molecule has 128 valence electrons. The maximum Gasteiger partial charge on any atom is 0.325 e. The lowest BCUT2D eigenvalue weighted by molar-refractivity contribution is 0.262. The smallest absolute Gasteiger partial charge is 0.325 e. The molecule has 1 aliphatic heterocycles. The number of urea groups is 1. The lowest BCUT2D eigenvalue weighted by Crippen LogP contribution is -2.37. The van der Waals surface area contributed by atoms with Crippen LogP contribution in [-0.2, 0) is 0 Å². The molecular weight excluding hydrogens is 369 g/mol. The molecule has 6 nitrogen and oxygen atoms in total. The predicted octanol–water partition coefficient (Wildman–Crippen LogP) is 4.87. The number of nitrogens with one attached hydrogen (secondary N) is 2. The third kappa shape index (κ3) is 4.09. The molecule has 0 radical (unpaired) electrons. The second kappa shape index (κ2) is 7.55. The Bertz CT molecular complexity index is 738. The highest BCUT2D eigenvalue weighted by Gasteiger charge is 2.22. The SMILES string of the molecule is C[C@@H]1CCCCN1c1nnc(NC(=O)Nc2cc(Cl)ccc2Cl)s1. The van der Waals surface area contributed by atoms with Crippen LogP contribution in [0.4, 0.5) is 20.7 Å². The van der Waals surface area contributed by atoms with Gasteiger partial charge in [0.2, 0.25) is 10.3 Å². The molecule has 1 aromatic heterocycles. The zero-order valence-corrected chi connectivity index (χ0v) is 15.4. The Morgan fingerprint density at radius 3 is 2.92 bits per heavy atom. The van der Waals surface area contributed by atoms with Gasteiger partial charge in [0.1, 0.15) is 0 Å². The van der Waals surface area contributed by atoms with Crippen LogP contribution in [0.1, 0.15) is 26.2 Å². The first-order valence-corrected chi connectivity index (χ1v) is 9.23. The fourth-order valence-corrected chi connectivity index (χ4v) is 3.81. The van der Waals surface area contributed by atoms with E-state index >= 15 is 0 Å². The topological polar surface area (TPSA) is 70.2 Å². The van der Waals surface area contributed by atoms with Crippen LogP contribution in [0.3, 0.4) is 0 Å². The van der Waals surface area contributed by atoms with Crippen molar-refractivity contribution in [3.63, 3.8) is 0 Å². The minimum absolute atomic E-state index is 0.412. The molecule has 0 saturated carbocycles. The minimum Gasteiger partial charge on any atom is -0.344 e. The van der Waals surface area contributed by atoms with Crippen LogP contribution in [0.2, 0.25) is 10.0 Å². The lowest BCUT2D eigenvalue weighted by atomic mass is 10.1. The van der Waals surface area contributed by atoms with Crippen LogP contribution in [0.5, 0.6) is 0 Å². The molecule has 0 unspecified atom stereocenters. The summed E-state index contributed by atoms with van der Waals surface area (Å²) in [6.45, 7) is 3.15. The summed E-state index contributed by atoms with van der Waals surface area (Å²) in [5.74, 6) is 0. The van der Waals surface area contributed by atoms with Gasteiger partial charge < -0.3 is 10.2 Å². The Hall–Kier alpha value is -1.57. The largest absolute Gasteiger partial charge is 0.344 e. The molecule has 1 aliphatic rings. The molecule has 1 saturated heterocycles. The van der Waals surface area contributed by atoms with Crippen molar-refractivity contribution in [1.82, 2.24) is 10.2 Å². The third-order valence-corrected chi connectivity index (χ3v) is 5.30. The van der Waals surface area contributed by atoms with Crippen molar-refractivity contribution in [2.45, 2.75) is 32.2 Å². The number of anilines is 3. The van der Waals surface area contributed by atoms with Gasteiger partial charge in [0.05, 0.1) is 10.7 Å². The number of carbonyl (C=O) groups is 1. The Morgan fingerprint density at radius 2 is 2.12 bits per heavy atom. The highest BCUT2D eigenvalue weighted by Crippen LogP contribution is 2.30. The summed E-state index contributed by atoms with van der Waals surface area (Å²) in [5.41, 5.74) is 0.441. The van der Waals surface area contributed by atoms with Crippen LogP contribution in [-0.4, -0.2) is 28.8 Å². The monoisotopic (exact) mass is 385 g/mol. The highest BCUT2D eigenvalue weighted by atomic mass is 35.5. The lowest BCUT2D eigenvalue weighted by Gasteiger charge is -2.32. The zero-order valence-electron chi connectivity index (χ0n) is 13.1. The summed E-state index contributed by atoms with van der Waals surface area (Å²) in [5, 5.41) is 15.7. The van der Waals surface area contributed by atoms with E-state index in [4.69, 9.17) is 23.2 Å². The average Bonchev–Trinajstić information content (AvgIpc) is 2.99. The van der Waals surface area contributed by atoms with E-state index < -0.39 is 6.03 Å². The summed E-state index contributed by atoms with van der Waals surface area (Å²) in [6.07, 6.45) is 3.54. The summed E-state index contributed by atoms with van der Waals surface area (Å²) >= 11 is 13.3. The van der Waals surface area contributed by atoms with Crippen molar-refractivity contribution in [3.8, 4) is 0 Å². The number of piperidine rings is 1. The number of aromatic nitrogens is 2. The number of benzene rings is 1. The second-order valence-corrected chi connectivity index (χ2v) is 7.43. The molecule has 2 N–H and O–H groups in total. The van der Waals surface area contributed by atoms with Crippen molar-refractivity contribution in [3.05, 3.63) is 28.2 Å². The fraction of sp³-hybridized carbons (Fsp3) is 0.400. The predicted molar refractivity (Wildman–Crippen MR) is 99.7 cm³/mol. The maximum absolute atomic E-state index is 12.1. The van der Waals surface area contributed by atoms with E-state index in [1.165, 1.54) is 17.8 Å². The van der Waals surface area contributed by atoms with Crippen molar-refractivity contribution in [1.29, 1.82) is 0 Å². The number of hydrogen-bond acceptors (Lipinski definition) is 5. The highest BCUT2D eigenvalue weighted by molar-refractivity contribution is 7.19. The van der Waals surface area contributed by atoms with Crippen molar-refractivity contribution < 1.29 is 4.79 Å². The Balaban J connectivity index is 1.64. The summed E-state index contributed by atoms with van der Waals surface area (Å²) < 4.78 is 0. The summed E-state index contributed by atoms with van der Waals surface area (Å²) in [7, 11) is 0. The second-order valence-electron chi connectivity index (χ2n) is 5.63. The number of amides is 2. The molecule has 9 heteroatoms. The van der Waals surface area contributed by atoms with Crippen LogP contribution >= 0.6 is 34.5 Å². The molecule has 1 aromatic carbocycles. The standard InChI is InChI=1S/C15H17Cl2N5OS/c1-9-4-2-3-7-22(9)15-21-20-14(24-15)19-13(23)18-12-8-10(16)5-6-11(12)17/h5-6,8-9H,2-4,7H2,1H3,(H2,18,19,20,23)/t9-/m1/s1. The third-order valence-electron chi connectivity index (χ3n) is 3.86. The molecular formula is C15H17Cl2N5OS. The summed E-state index contributed by atoms with van der Waals surface area (Å²) in [6, 6.07) is 4.88. The Labute approximate surface area is 154 Å². The van der Waals surface area contributed by atoms with Crippen molar-refractivity contribution in [2.24, 2.45) is 0 Å². The molecule has 2 aromatic rings. The number of nitrogens with zero attached hydrogens (tertiary/aromatic N) is 3. The molecule has 1 atom stereocenters. The summed E-state index contributed by atoms with van der Waals surface area (Å²) in [4.78, 5) is 14.3. The molecule has 2 heterocycles. The van der Waals surface area contributed by atoms with Gasteiger partial charge in [0.25, 0.3) is 0 Å². The van der Waals surface area contributed by atoms with Gasteiger partial charge in [-0.15, -0.1) is 10.2 Å². The first-order valence-electron chi connectivity index (χ1n) is 7.66. The van der Waals surface area contributed by atoms with E-state index in [0.717, 1.165) is 24.5 Å². The molecule has 3 rings (SSSR count). The minimum atomic E-state index is -0.437. The molecule has 24 heavy (non-hydrogen) atoms. The quantitative estimate of drug-likeness (QED) is 0.790. The first-order chi connectivity index (χ1) is 11.5. The van der Waals surface area contributed by atoms with Gasteiger partial charge in [-0.3, -0.25) is 5.32 Å². The fourth-order valence-electron chi connectivity index (χ4n) is 2.61. The van der Waals surface area contributed by atoms with Gasteiger partial charge in [-0.05, 0) is 44.4 Å². The van der Waals surface area contributed by atoms with Crippen LogP contribution in [0.15, 0.2) is 18.2 Å². The van der Waals surface area contributed by atoms with Crippen LogP contribution in [0, 0.1) is 0 Å². The maximum atomic E-state index is 12.1. The molecule has 0 bridgehead atoms. The Morgan fingerprint density at radius 1 is 1.29 bits per heavy atom. The van der Waals surface area contributed by atoms with E-state index in [-0.39, 0.29) is 0 Å². The molecule has 0 spiro atoms. The molecule has 2 amide bonds. The van der Waals surface area contributed by atoms with Gasteiger partial charge in [0, 0.05) is 17.6 Å². The van der Waals surface area contributed by atoms with E-state index in [2.05, 4.69) is 32.7 Å². The number of carbonyl (C=O) groups excluding carboxylic acids is 1. The first kappa shape index (κ1) is 17.3. The average molecular weight is 386 g/mol. The normalized spacial score (nSPS) is 17.6. The van der Waals surface area contributed by atoms with E-state index in [0.29, 0.717) is 26.9 Å². The number of rotatable bonds is 3. The zero-order chi connectivity index (χ0) is 17.1. The van der Waals surface area contributed by atoms with Crippen LogP contribution in [0.25, 0.3) is 0 Å². The van der Waals surface area contributed by atoms with Gasteiger partial charge in [-0.25, -0.2) is 4.79 Å². The van der Waals surface area contributed by atoms with Crippen molar-refractivity contribution in [2.75, 3.05) is 22.1 Å². The van der Waals surface area contributed by atoms with Crippen LogP contribution < -0.4 is 15.5 Å². The molecule has 0 aliphatic carbocycles. The van der Waals surface area contributed by atoms with Gasteiger partial charge in [0.15, 0.2) is 0 Å². The van der Waals surface area contributed by atoms with E-state index in [1.54, 1.807) is 18.2 Å².